The number of fused-ring (bicyclic) bond motifs is 1. The molecule has 2 aromatic heterocycles. The van der Waals surface area contributed by atoms with Gasteiger partial charge in [-0.1, -0.05) is 40.6 Å². The molecular formula is C31H28BrN3O8S. The molecule has 0 bridgehead atoms. The van der Waals surface area contributed by atoms with Gasteiger partial charge >= 0.3 is 5.97 Å². The summed E-state index contributed by atoms with van der Waals surface area (Å²) in [6.45, 7) is 3.87. The fourth-order valence-electron chi connectivity index (χ4n) is 5.04. The van der Waals surface area contributed by atoms with Crippen LogP contribution in [0.4, 0.5) is 5.69 Å². The van der Waals surface area contributed by atoms with Gasteiger partial charge in [-0.05, 0) is 49.7 Å². The predicted molar refractivity (Wildman–Crippen MR) is 168 cm³/mol. The van der Waals surface area contributed by atoms with Gasteiger partial charge < -0.3 is 18.6 Å². The highest BCUT2D eigenvalue weighted by Gasteiger charge is 2.36. The monoisotopic (exact) mass is 681 g/mol. The Morgan fingerprint density at radius 3 is 2.57 bits per heavy atom. The number of aromatic nitrogens is 1. The zero-order chi connectivity index (χ0) is 31.5. The number of halogens is 1. The van der Waals surface area contributed by atoms with Gasteiger partial charge in [-0.25, -0.2) is 9.79 Å². The number of carbonyl (C=O) groups is 1. The van der Waals surface area contributed by atoms with E-state index in [2.05, 4.69) is 15.9 Å². The Morgan fingerprint density at radius 2 is 1.89 bits per heavy atom. The summed E-state index contributed by atoms with van der Waals surface area (Å²) in [5.41, 5.74) is 1.32. The van der Waals surface area contributed by atoms with Gasteiger partial charge in [-0.2, -0.15) is 0 Å². The van der Waals surface area contributed by atoms with Crippen LogP contribution in [0.1, 0.15) is 44.1 Å². The van der Waals surface area contributed by atoms with Crippen LogP contribution < -0.4 is 24.4 Å². The maximum atomic E-state index is 14.1. The van der Waals surface area contributed by atoms with E-state index < -0.39 is 16.9 Å². The van der Waals surface area contributed by atoms with Gasteiger partial charge in [0.05, 0.1) is 47.1 Å². The van der Waals surface area contributed by atoms with E-state index in [9.17, 15) is 19.7 Å². The standard InChI is InChI=1S/C31H28BrN3O8S/c1-5-7-22-27(30(37)42-6-2)28(21-14-17(32)8-11-24(21)41-4)34-29(36)26(44-31(34)33-22)16-19-10-13-25(43-19)20-15-18(35(38)39)9-12-23(20)40-3/h8-16,28H,5-7H2,1-4H3/b26-16+/t28-/m1/s1. The maximum absolute atomic E-state index is 14.1. The number of allylic oxidation sites excluding steroid dienone is 1. The zero-order valence-electron chi connectivity index (χ0n) is 24.3. The van der Waals surface area contributed by atoms with E-state index in [0.717, 1.165) is 22.2 Å². The van der Waals surface area contributed by atoms with E-state index in [4.69, 9.17) is 23.6 Å². The highest BCUT2D eigenvalue weighted by atomic mass is 79.9. The molecule has 1 aliphatic heterocycles. The van der Waals surface area contributed by atoms with Crippen molar-refractivity contribution < 1.29 is 28.3 Å². The van der Waals surface area contributed by atoms with Crippen molar-refractivity contribution in [2.75, 3.05) is 20.8 Å². The first-order valence-corrected chi connectivity index (χ1v) is 15.3. The third-order valence-corrected chi connectivity index (χ3v) is 8.41. The molecule has 0 spiro atoms. The number of hydrogen-bond acceptors (Lipinski definition) is 10. The van der Waals surface area contributed by atoms with Gasteiger partial charge in [0.1, 0.15) is 29.1 Å². The molecule has 0 radical (unpaired) electrons. The number of thiazole rings is 1. The van der Waals surface area contributed by atoms with E-state index in [-0.39, 0.29) is 23.4 Å². The Balaban J connectivity index is 1.70. The summed E-state index contributed by atoms with van der Waals surface area (Å²) < 4.78 is 25.1. The number of benzene rings is 2. The minimum atomic E-state index is -0.859. The summed E-state index contributed by atoms with van der Waals surface area (Å²) >= 11 is 4.68. The van der Waals surface area contributed by atoms with Crippen LogP contribution in [-0.4, -0.2) is 36.3 Å². The summed E-state index contributed by atoms with van der Waals surface area (Å²) in [5, 5.41) is 11.4. The van der Waals surface area contributed by atoms with E-state index in [1.54, 1.807) is 31.2 Å². The summed E-state index contributed by atoms with van der Waals surface area (Å²) in [6, 6.07) is 12.1. The Kier molecular flexibility index (Phi) is 9.16. The topological polar surface area (TPSA) is 135 Å². The van der Waals surface area contributed by atoms with E-state index in [0.29, 0.717) is 55.6 Å². The fourth-order valence-corrected chi connectivity index (χ4v) is 6.42. The smallest absolute Gasteiger partial charge is 0.338 e. The van der Waals surface area contributed by atoms with E-state index in [1.165, 1.54) is 37.0 Å². The van der Waals surface area contributed by atoms with Crippen LogP contribution in [0, 0.1) is 10.1 Å². The summed E-state index contributed by atoms with van der Waals surface area (Å²) in [7, 11) is 2.99. The second-order valence-electron chi connectivity index (χ2n) is 9.64. The molecule has 0 saturated carbocycles. The normalized spacial score (nSPS) is 14.7. The van der Waals surface area contributed by atoms with Crippen LogP contribution >= 0.6 is 27.3 Å². The van der Waals surface area contributed by atoms with Crippen LogP contribution in [-0.2, 0) is 9.53 Å². The lowest BCUT2D eigenvalue weighted by molar-refractivity contribution is -0.384. The lowest BCUT2D eigenvalue weighted by atomic mass is 9.93. The van der Waals surface area contributed by atoms with Crippen LogP contribution in [0.15, 0.2) is 78.5 Å². The number of hydrogen-bond donors (Lipinski definition) is 0. The molecule has 1 atom stereocenters. The van der Waals surface area contributed by atoms with Gasteiger partial charge in [0, 0.05) is 28.2 Å². The molecule has 1 aliphatic rings. The third-order valence-electron chi connectivity index (χ3n) is 6.94. The Labute approximate surface area is 264 Å². The number of rotatable bonds is 10. The molecule has 2 aromatic carbocycles. The number of ether oxygens (including phenoxy) is 3. The minimum Gasteiger partial charge on any atom is -0.496 e. The number of nitro groups is 1. The molecule has 13 heteroatoms. The van der Waals surface area contributed by atoms with Gasteiger partial charge in [-0.3, -0.25) is 19.5 Å². The fraction of sp³-hybridized carbons (Fsp3) is 0.258. The number of methoxy groups -OCH3 is 2. The van der Waals surface area contributed by atoms with Crippen molar-refractivity contribution in [2.24, 2.45) is 4.99 Å². The summed E-state index contributed by atoms with van der Waals surface area (Å²) in [5.74, 6) is 1.01. The van der Waals surface area contributed by atoms with Crippen LogP contribution in [0.5, 0.6) is 11.5 Å². The second kappa shape index (κ2) is 13.0. The first-order chi connectivity index (χ1) is 21.2. The number of nitro benzene ring substituents is 1. The Morgan fingerprint density at radius 1 is 1.14 bits per heavy atom. The Bertz CT molecular complexity index is 1970. The van der Waals surface area contributed by atoms with Crippen molar-refractivity contribution in [3.8, 4) is 22.8 Å². The van der Waals surface area contributed by atoms with Gasteiger partial charge in [0.15, 0.2) is 4.80 Å². The highest BCUT2D eigenvalue weighted by molar-refractivity contribution is 9.10. The van der Waals surface area contributed by atoms with E-state index in [1.807, 2.05) is 19.1 Å². The summed E-state index contributed by atoms with van der Waals surface area (Å²) in [6.07, 6.45) is 2.80. The van der Waals surface area contributed by atoms with Gasteiger partial charge in [-0.15, -0.1) is 0 Å². The molecule has 0 N–H and O–H groups in total. The molecular weight excluding hydrogens is 654 g/mol. The molecule has 44 heavy (non-hydrogen) atoms. The first kappa shape index (κ1) is 31.0. The number of nitrogens with zero attached hydrogens (tertiary/aromatic N) is 3. The average Bonchev–Trinajstić information content (AvgIpc) is 3.60. The van der Waals surface area contributed by atoms with Gasteiger partial charge in [0.25, 0.3) is 11.2 Å². The van der Waals surface area contributed by atoms with Crippen LogP contribution in [0.2, 0.25) is 0 Å². The quantitative estimate of drug-likeness (QED) is 0.121. The molecule has 0 saturated heterocycles. The van der Waals surface area contributed by atoms with E-state index >= 15 is 0 Å². The van der Waals surface area contributed by atoms with Crippen molar-refractivity contribution >= 4 is 45.0 Å². The molecule has 3 heterocycles. The number of carbonyl (C=O) groups excluding carboxylic acids is 1. The average molecular weight is 683 g/mol. The van der Waals surface area contributed by atoms with Crippen LogP contribution in [0.3, 0.4) is 0 Å². The molecule has 0 fully saturated rings. The highest BCUT2D eigenvalue weighted by Crippen LogP contribution is 2.38. The van der Waals surface area contributed by atoms with Crippen molar-refractivity contribution in [1.82, 2.24) is 4.57 Å². The van der Waals surface area contributed by atoms with Crippen molar-refractivity contribution in [3.05, 3.63) is 105 Å². The maximum Gasteiger partial charge on any atom is 0.338 e. The SMILES string of the molecule is CCCC1=C(C(=O)OCC)[C@@H](c2cc(Br)ccc2OC)n2c(s/c(=C/c3ccc(-c4cc([N+](=O)[O-])ccc4OC)o3)c2=O)=N1. The third kappa shape index (κ3) is 5.84. The predicted octanol–water partition coefficient (Wildman–Crippen LogP) is 5.53. The van der Waals surface area contributed by atoms with Crippen molar-refractivity contribution in [2.45, 2.75) is 32.7 Å². The lowest BCUT2D eigenvalue weighted by Crippen LogP contribution is -2.40. The second-order valence-corrected chi connectivity index (χ2v) is 11.6. The molecule has 5 rings (SSSR count). The molecule has 0 aliphatic carbocycles. The molecule has 4 aromatic rings. The molecule has 228 valence electrons. The number of non-ortho nitro benzene ring substituents is 1. The minimum absolute atomic E-state index is 0.115. The first-order valence-electron chi connectivity index (χ1n) is 13.7. The number of esters is 1. The lowest BCUT2D eigenvalue weighted by Gasteiger charge is -2.27. The molecule has 0 unspecified atom stereocenters. The largest absolute Gasteiger partial charge is 0.496 e. The molecule has 0 amide bonds. The Hall–Kier alpha value is -4.49. The van der Waals surface area contributed by atoms with Crippen LogP contribution in [0.25, 0.3) is 17.4 Å². The molecule has 11 nitrogen and oxygen atoms in total. The zero-order valence-corrected chi connectivity index (χ0v) is 26.7. The van der Waals surface area contributed by atoms with Crippen molar-refractivity contribution in [3.63, 3.8) is 0 Å². The number of furan rings is 1. The summed E-state index contributed by atoms with van der Waals surface area (Å²) in [4.78, 5) is 43.6. The van der Waals surface area contributed by atoms with Crippen molar-refractivity contribution in [1.29, 1.82) is 0 Å². The van der Waals surface area contributed by atoms with Gasteiger partial charge in [0.2, 0.25) is 0 Å².